The molecular weight excluding hydrogens is 282 g/mol. The minimum atomic E-state index is -0.263. The van der Waals surface area contributed by atoms with E-state index >= 15 is 0 Å². The van der Waals surface area contributed by atoms with Crippen LogP contribution < -0.4 is 4.90 Å². The fourth-order valence-electron chi connectivity index (χ4n) is 2.06. The number of hydrogen-bond acceptors (Lipinski definition) is 2. The average Bonchev–Trinajstić information content (AvgIpc) is 2.43. The minimum absolute atomic E-state index is 0.233. The molecule has 17 heavy (non-hydrogen) atoms. The lowest BCUT2D eigenvalue weighted by molar-refractivity contribution is -0.120. The fourth-order valence-corrected chi connectivity index (χ4v) is 2.74. The molecule has 0 aliphatic carbocycles. The van der Waals surface area contributed by atoms with Gasteiger partial charge in [-0.3, -0.25) is 9.59 Å². The van der Waals surface area contributed by atoms with Crippen molar-refractivity contribution in [1.82, 2.24) is 0 Å². The summed E-state index contributed by atoms with van der Waals surface area (Å²) >= 11 is 3.40. The molecular formula is C13H12BrNO2. The van der Waals surface area contributed by atoms with Gasteiger partial charge in [0.05, 0.1) is 5.69 Å². The highest BCUT2D eigenvalue weighted by Gasteiger charge is 2.31. The molecule has 1 aromatic carbocycles. The molecule has 88 valence electrons. The Balaban J connectivity index is 2.57. The molecule has 2 rings (SSSR count). The quantitative estimate of drug-likeness (QED) is 0.747. The van der Waals surface area contributed by atoms with Crippen LogP contribution in [0, 0.1) is 13.8 Å². The maximum Gasteiger partial charge on any atom is 0.261 e. The Kier molecular flexibility index (Phi) is 2.91. The molecule has 0 atom stereocenters. The van der Waals surface area contributed by atoms with Gasteiger partial charge in [-0.2, -0.15) is 0 Å². The van der Waals surface area contributed by atoms with E-state index in [1.54, 1.807) is 6.92 Å². The minimum Gasteiger partial charge on any atom is -0.269 e. The Bertz CT molecular complexity index is 538. The number of carbonyl (C=O) groups excluding carboxylic acids is 2. The number of aryl methyl sites for hydroxylation is 2. The number of imide groups is 1. The van der Waals surface area contributed by atoms with Gasteiger partial charge in [0, 0.05) is 16.1 Å². The van der Waals surface area contributed by atoms with Crippen LogP contribution >= 0.6 is 15.9 Å². The first kappa shape index (κ1) is 12.0. The lowest BCUT2D eigenvalue weighted by Gasteiger charge is -2.20. The summed E-state index contributed by atoms with van der Waals surface area (Å²) in [5.74, 6) is -0.496. The maximum absolute atomic E-state index is 11.9. The lowest BCUT2D eigenvalue weighted by Crippen LogP contribution is -2.31. The third-order valence-corrected chi connectivity index (χ3v) is 3.24. The van der Waals surface area contributed by atoms with E-state index in [1.165, 1.54) is 11.0 Å². The molecule has 0 saturated heterocycles. The summed E-state index contributed by atoms with van der Waals surface area (Å²) in [7, 11) is 0. The van der Waals surface area contributed by atoms with Crippen molar-refractivity contribution >= 4 is 33.4 Å². The van der Waals surface area contributed by atoms with Crippen LogP contribution in [0.25, 0.3) is 0 Å². The van der Waals surface area contributed by atoms with Crippen LogP contribution in [0.15, 0.2) is 28.3 Å². The molecule has 0 unspecified atom stereocenters. The summed E-state index contributed by atoms with van der Waals surface area (Å²) < 4.78 is 0.944. The van der Waals surface area contributed by atoms with Crippen molar-refractivity contribution < 1.29 is 9.59 Å². The Hall–Kier alpha value is -1.42. The summed E-state index contributed by atoms with van der Waals surface area (Å²) in [4.78, 5) is 25.0. The van der Waals surface area contributed by atoms with E-state index in [9.17, 15) is 9.59 Å². The number of amides is 2. The number of hydrogen-bond donors (Lipinski definition) is 0. The molecule has 4 heteroatoms. The number of benzene rings is 1. The molecule has 0 saturated carbocycles. The summed E-state index contributed by atoms with van der Waals surface area (Å²) in [6.07, 6.45) is 1.38. The first-order valence-electron chi connectivity index (χ1n) is 5.25. The first-order chi connectivity index (χ1) is 7.91. The van der Waals surface area contributed by atoms with Crippen LogP contribution in [0.4, 0.5) is 5.69 Å². The number of rotatable bonds is 1. The van der Waals surface area contributed by atoms with Gasteiger partial charge in [-0.05, 0) is 44.0 Å². The molecule has 1 heterocycles. The van der Waals surface area contributed by atoms with Crippen molar-refractivity contribution in [3.63, 3.8) is 0 Å². The summed E-state index contributed by atoms with van der Waals surface area (Å²) in [5.41, 5.74) is 2.98. The highest BCUT2D eigenvalue weighted by molar-refractivity contribution is 9.10. The predicted molar refractivity (Wildman–Crippen MR) is 69.9 cm³/mol. The van der Waals surface area contributed by atoms with E-state index in [1.807, 2.05) is 26.0 Å². The lowest BCUT2D eigenvalue weighted by atomic mass is 10.1. The Morgan fingerprint density at radius 3 is 2.00 bits per heavy atom. The van der Waals surface area contributed by atoms with E-state index in [2.05, 4.69) is 15.9 Å². The summed E-state index contributed by atoms with van der Waals surface area (Å²) in [6.45, 7) is 5.44. The van der Waals surface area contributed by atoms with Gasteiger partial charge in [0.25, 0.3) is 11.8 Å². The largest absolute Gasteiger partial charge is 0.269 e. The van der Waals surface area contributed by atoms with Crippen molar-refractivity contribution in [2.45, 2.75) is 20.8 Å². The second-order valence-corrected chi connectivity index (χ2v) is 5.11. The van der Waals surface area contributed by atoms with Crippen LogP contribution in [0.1, 0.15) is 18.1 Å². The normalized spacial score (nSPS) is 15.5. The van der Waals surface area contributed by atoms with Gasteiger partial charge < -0.3 is 0 Å². The monoisotopic (exact) mass is 293 g/mol. The van der Waals surface area contributed by atoms with E-state index in [0.717, 1.165) is 15.6 Å². The molecule has 1 aliphatic rings. The third-order valence-electron chi connectivity index (χ3n) is 2.78. The van der Waals surface area contributed by atoms with Gasteiger partial charge in [0.1, 0.15) is 0 Å². The molecule has 0 radical (unpaired) electrons. The van der Waals surface area contributed by atoms with Crippen molar-refractivity contribution in [3.8, 4) is 0 Å². The SMILES string of the molecule is CC1=CC(=O)N(c2c(C)cc(Br)cc2C)C1=O. The van der Waals surface area contributed by atoms with Gasteiger partial charge >= 0.3 is 0 Å². The predicted octanol–water partition coefficient (Wildman–Crippen LogP) is 2.89. The van der Waals surface area contributed by atoms with Crippen molar-refractivity contribution in [2.75, 3.05) is 4.90 Å². The molecule has 0 N–H and O–H groups in total. The topological polar surface area (TPSA) is 37.4 Å². The molecule has 3 nitrogen and oxygen atoms in total. The zero-order valence-corrected chi connectivity index (χ0v) is 11.5. The fraction of sp³-hybridized carbons (Fsp3) is 0.231. The third kappa shape index (κ3) is 1.93. The smallest absolute Gasteiger partial charge is 0.261 e. The Morgan fingerprint density at radius 2 is 1.59 bits per heavy atom. The first-order valence-corrected chi connectivity index (χ1v) is 6.04. The Morgan fingerprint density at radius 1 is 1.06 bits per heavy atom. The van der Waals surface area contributed by atoms with E-state index in [4.69, 9.17) is 0 Å². The molecule has 0 aromatic heterocycles. The summed E-state index contributed by atoms with van der Waals surface area (Å²) in [5, 5.41) is 0. The van der Waals surface area contributed by atoms with Crippen molar-refractivity contribution in [2.24, 2.45) is 0 Å². The van der Waals surface area contributed by atoms with E-state index in [0.29, 0.717) is 11.3 Å². The second kappa shape index (κ2) is 4.11. The van der Waals surface area contributed by atoms with Gasteiger partial charge in [-0.1, -0.05) is 15.9 Å². The van der Waals surface area contributed by atoms with Crippen LogP contribution in [-0.4, -0.2) is 11.8 Å². The van der Waals surface area contributed by atoms with Gasteiger partial charge in [-0.15, -0.1) is 0 Å². The van der Waals surface area contributed by atoms with Crippen LogP contribution in [-0.2, 0) is 9.59 Å². The van der Waals surface area contributed by atoms with Crippen molar-refractivity contribution in [1.29, 1.82) is 0 Å². The van der Waals surface area contributed by atoms with Gasteiger partial charge in [0.2, 0.25) is 0 Å². The zero-order valence-electron chi connectivity index (χ0n) is 9.87. The molecule has 0 spiro atoms. The molecule has 1 aliphatic heterocycles. The number of nitrogens with zero attached hydrogens (tertiary/aromatic N) is 1. The highest BCUT2D eigenvalue weighted by atomic mass is 79.9. The van der Waals surface area contributed by atoms with Gasteiger partial charge in [-0.25, -0.2) is 4.90 Å². The van der Waals surface area contributed by atoms with Crippen molar-refractivity contribution in [3.05, 3.63) is 39.4 Å². The Labute approximate surface area is 108 Å². The highest BCUT2D eigenvalue weighted by Crippen LogP contribution is 2.31. The number of anilines is 1. The molecule has 2 amide bonds. The van der Waals surface area contributed by atoms with Crippen LogP contribution in [0.3, 0.4) is 0 Å². The standard InChI is InChI=1S/C13H12BrNO2/c1-7-4-10(14)5-8(2)12(7)15-11(16)6-9(3)13(15)17/h4-6H,1-3H3. The number of carbonyl (C=O) groups is 2. The summed E-state index contributed by atoms with van der Waals surface area (Å²) in [6, 6.07) is 3.80. The average molecular weight is 294 g/mol. The second-order valence-electron chi connectivity index (χ2n) is 4.19. The number of halogens is 1. The van der Waals surface area contributed by atoms with E-state index < -0.39 is 0 Å². The van der Waals surface area contributed by atoms with Crippen LogP contribution in [0.2, 0.25) is 0 Å². The molecule has 0 bridgehead atoms. The van der Waals surface area contributed by atoms with Gasteiger partial charge in [0.15, 0.2) is 0 Å². The maximum atomic E-state index is 11.9. The molecule has 0 fully saturated rings. The van der Waals surface area contributed by atoms with Crippen LogP contribution in [0.5, 0.6) is 0 Å². The zero-order chi connectivity index (χ0) is 12.7. The molecule has 1 aromatic rings. The van der Waals surface area contributed by atoms with E-state index in [-0.39, 0.29) is 11.8 Å².